The molecule has 1 aromatic heterocycles. The molecule has 0 spiro atoms. The lowest BCUT2D eigenvalue weighted by molar-refractivity contribution is 0.620. The third kappa shape index (κ3) is 2.62. The molecule has 1 aliphatic heterocycles. The second kappa shape index (κ2) is 5.89. The highest BCUT2D eigenvalue weighted by Crippen LogP contribution is 2.32. The van der Waals surface area contributed by atoms with Gasteiger partial charge in [-0.15, -0.1) is 0 Å². The van der Waals surface area contributed by atoms with E-state index in [1.807, 2.05) is 7.05 Å². The topological polar surface area (TPSA) is 28.2 Å². The summed E-state index contributed by atoms with van der Waals surface area (Å²) in [4.78, 5) is 6.97. The van der Waals surface area contributed by atoms with E-state index >= 15 is 0 Å². The van der Waals surface area contributed by atoms with E-state index in [4.69, 9.17) is 11.6 Å². The summed E-state index contributed by atoms with van der Waals surface area (Å²) < 4.78 is 0. The van der Waals surface area contributed by atoms with Gasteiger partial charge in [0.25, 0.3) is 0 Å². The first-order chi connectivity index (χ1) is 8.67. The van der Waals surface area contributed by atoms with Crippen LogP contribution in [0, 0.1) is 0 Å². The van der Waals surface area contributed by atoms with Gasteiger partial charge in [-0.2, -0.15) is 0 Å². The van der Waals surface area contributed by atoms with Crippen LogP contribution >= 0.6 is 11.6 Å². The van der Waals surface area contributed by atoms with Crippen molar-refractivity contribution in [2.24, 2.45) is 0 Å². The number of aromatic nitrogens is 1. The molecule has 2 atom stereocenters. The highest BCUT2D eigenvalue weighted by atomic mass is 35.5. The Hall–Kier alpha value is -0.800. The third-order valence-electron chi connectivity index (χ3n) is 3.81. The summed E-state index contributed by atoms with van der Waals surface area (Å²) in [6.07, 6.45) is 5.48. The lowest BCUT2D eigenvalue weighted by atomic mass is 10.1. The fourth-order valence-electron chi connectivity index (χ4n) is 2.82. The molecule has 18 heavy (non-hydrogen) atoms. The average Bonchev–Trinajstić information content (AvgIpc) is 2.74. The van der Waals surface area contributed by atoms with Crippen LogP contribution in [0.5, 0.6) is 0 Å². The average molecular weight is 268 g/mol. The fraction of sp³-hybridized carbons (Fsp3) is 0.643. The SMILES string of the molecule is CCC1CCC(C)N1c1cc(CNC)c(Cl)cn1. The Morgan fingerprint density at radius 3 is 2.94 bits per heavy atom. The normalized spacial score (nSPS) is 23.7. The van der Waals surface area contributed by atoms with E-state index in [0.717, 1.165) is 22.9 Å². The van der Waals surface area contributed by atoms with Crippen molar-refractivity contribution in [2.75, 3.05) is 11.9 Å². The third-order valence-corrected chi connectivity index (χ3v) is 4.15. The van der Waals surface area contributed by atoms with Crippen molar-refractivity contribution < 1.29 is 0 Å². The fourth-order valence-corrected chi connectivity index (χ4v) is 2.99. The van der Waals surface area contributed by atoms with Crippen molar-refractivity contribution in [3.63, 3.8) is 0 Å². The van der Waals surface area contributed by atoms with Gasteiger partial charge in [0.15, 0.2) is 0 Å². The zero-order chi connectivity index (χ0) is 13.1. The van der Waals surface area contributed by atoms with Crippen molar-refractivity contribution in [1.29, 1.82) is 0 Å². The molecule has 0 amide bonds. The number of hydrogen-bond donors (Lipinski definition) is 1. The number of anilines is 1. The largest absolute Gasteiger partial charge is 0.351 e. The Balaban J connectivity index is 2.29. The smallest absolute Gasteiger partial charge is 0.129 e. The first kappa shape index (κ1) is 13.6. The molecular weight excluding hydrogens is 246 g/mol. The Bertz CT molecular complexity index is 408. The molecule has 100 valence electrons. The minimum absolute atomic E-state index is 0.575. The molecule has 2 rings (SSSR count). The first-order valence-electron chi connectivity index (χ1n) is 6.74. The van der Waals surface area contributed by atoms with Gasteiger partial charge in [-0.25, -0.2) is 4.98 Å². The minimum atomic E-state index is 0.575. The zero-order valence-corrected chi connectivity index (χ0v) is 12.2. The molecule has 2 heterocycles. The predicted molar refractivity (Wildman–Crippen MR) is 77.3 cm³/mol. The molecular formula is C14H22ClN3. The molecule has 1 aliphatic rings. The summed E-state index contributed by atoms with van der Waals surface area (Å²) in [6, 6.07) is 3.32. The van der Waals surface area contributed by atoms with Crippen LogP contribution in [-0.2, 0) is 6.54 Å². The summed E-state index contributed by atoms with van der Waals surface area (Å²) in [6.45, 7) is 5.32. The van der Waals surface area contributed by atoms with Gasteiger partial charge in [-0.05, 0) is 44.9 Å². The van der Waals surface area contributed by atoms with Crippen LogP contribution < -0.4 is 10.2 Å². The Morgan fingerprint density at radius 1 is 1.50 bits per heavy atom. The van der Waals surface area contributed by atoms with Gasteiger partial charge in [-0.3, -0.25) is 0 Å². The van der Waals surface area contributed by atoms with Crippen LogP contribution in [-0.4, -0.2) is 24.1 Å². The molecule has 2 unspecified atom stereocenters. The summed E-state index contributed by atoms with van der Waals surface area (Å²) in [7, 11) is 1.93. The van der Waals surface area contributed by atoms with E-state index in [2.05, 4.69) is 35.1 Å². The van der Waals surface area contributed by atoms with Crippen LogP contribution in [0.1, 0.15) is 38.7 Å². The van der Waals surface area contributed by atoms with E-state index in [9.17, 15) is 0 Å². The number of halogens is 1. The van der Waals surface area contributed by atoms with E-state index in [-0.39, 0.29) is 0 Å². The molecule has 1 N–H and O–H groups in total. The molecule has 4 heteroatoms. The van der Waals surface area contributed by atoms with Gasteiger partial charge in [-0.1, -0.05) is 18.5 Å². The van der Waals surface area contributed by atoms with Crippen LogP contribution in [0.2, 0.25) is 5.02 Å². The number of rotatable bonds is 4. The predicted octanol–water partition coefficient (Wildman–Crippen LogP) is 3.22. The van der Waals surface area contributed by atoms with Gasteiger partial charge < -0.3 is 10.2 Å². The zero-order valence-electron chi connectivity index (χ0n) is 11.4. The summed E-state index contributed by atoms with van der Waals surface area (Å²) >= 11 is 6.17. The monoisotopic (exact) mass is 267 g/mol. The van der Waals surface area contributed by atoms with Crippen molar-refractivity contribution in [1.82, 2.24) is 10.3 Å². The van der Waals surface area contributed by atoms with E-state index in [0.29, 0.717) is 12.1 Å². The summed E-state index contributed by atoms with van der Waals surface area (Å²) in [5.74, 6) is 1.07. The van der Waals surface area contributed by atoms with E-state index < -0.39 is 0 Å². The highest BCUT2D eigenvalue weighted by molar-refractivity contribution is 6.31. The molecule has 1 fully saturated rings. The maximum Gasteiger partial charge on any atom is 0.129 e. The number of nitrogens with zero attached hydrogens (tertiary/aromatic N) is 2. The Kier molecular flexibility index (Phi) is 4.46. The lowest BCUT2D eigenvalue weighted by Crippen LogP contribution is -2.34. The molecule has 0 bridgehead atoms. The number of pyridine rings is 1. The molecule has 0 radical (unpaired) electrons. The second-order valence-electron chi connectivity index (χ2n) is 5.06. The van der Waals surface area contributed by atoms with Crippen molar-refractivity contribution in [3.8, 4) is 0 Å². The standard InChI is InChI=1S/C14H22ClN3/c1-4-12-6-5-10(2)18(12)14-7-11(8-16-3)13(15)9-17-14/h7,9-10,12,16H,4-6,8H2,1-3H3. The lowest BCUT2D eigenvalue weighted by Gasteiger charge is -2.29. The molecule has 1 aromatic rings. The highest BCUT2D eigenvalue weighted by Gasteiger charge is 2.30. The van der Waals surface area contributed by atoms with Crippen molar-refractivity contribution in [3.05, 3.63) is 22.8 Å². The molecule has 1 saturated heterocycles. The molecule has 3 nitrogen and oxygen atoms in total. The van der Waals surface area contributed by atoms with Crippen molar-refractivity contribution in [2.45, 2.75) is 51.7 Å². The van der Waals surface area contributed by atoms with Crippen LogP contribution in [0.15, 0.2) is 12.3 Å². The van der Waals surface area contributed by atoms with Crippen LogP contribution in [0.4, 0.5) is 5.82 Å². The van der Waals surface area contributed by atoms with Gasteiger partial charge in [0.2, 0.25) is 0 Å². The van der Waals surface area contributed by atoms with E-state index in [1.54, 1.807) is 6.20 Å². The van der Waals surface area contributed by atoms with Crippen LogP contribution in [0.3, 0.4) is 0 Å². The first-order valence-corrected chi connectivity index (χ1v) is 7.12. The maximum absolute atomic E-state index is 6.17. The summed E-state index contributed by atoms with van der Waals surface area (Å²) in [5, 5.41) is 3.89. The number of hydrogen-bond acceptors (Lipinski definition) is 3. The minimum Gasteiger partial charge on any atom is -0.351 e. The second-order valence-corrected chi connectivity index (χ2v) is 5.47. The molecule has 0 saturated carbocycles. The van der Waals surface area contributed by atoms with Gasteiger partial charge >= 0.3 is 0 Å². The van der Waals surface area contributed by atoms with E-state index in [1.165, 1.54) is 19.3 Å². The summed E-state index contributed by atoms with van der Waals surface area (Å²) in [5.41, 5.74) is 1.12. The van der Waals surface area contributed by atoms with Gasteiger partial charge in [0, 0.05) is 24.8 Å². The molecule has 0 aliphatic carbocycles. The van der Waals surface area contributed by atoms with Gasteiger partial charge in [0.05, 0.1) is 5.02 Å². The van der Waals surface area contributed by atoms with Gasteiger partial charge in [0.1, 0.15) is 5.82 Å². The Morgan fingerprint density at radius 2 is 2.28 bits per heavy atom. The molecule has 0 aromatic carbocycles. The quantitative estimate of drug-likeness (QED) is 0.908. The number of nitrogens with one attached hydrogen (secondary N) is 1. The van der Waals surface area contributed by atoms with Crippen molar-refractivity contribution >= 4 is 17.4 Å². The Labute approximate surface area is 115 Å². The maximum atomic E-state index is 6.17. The van der Waals surface area contributed by atoms with Crippen LogP contribution in [0.25, 0.3) is 0 Å².